The topological polar surface area (TPSA) is 24.4 Å². The van der Waals surface area contributed by atoms with Crippen molar-refractivity contribution in [1.29, 1.82) is 0 Å². The summed E-state index contributed by atoms with van der Waals surface area (Å²) in [6.45, 7) is 13.6. The number of halogens is 1. The van der Waals surface area contributed by atoms with Crippen molar-refractivity contribution in [3.05, 3.63) is 93.5 Å². The van der Waals surface area contributed by atoms with Crippen molar-refractivity contribution in [1.82, 2.24) is 5.32 Å². The molecule has 0 spiro atoms. The third kappa shape index (κ3) is 4.82. The largest absolute Gasteiger partial charge is 0.362 e. The Kier molecular flexibility index (Phi) is 6.60. The number of aryl methyl sites for hydroxylation is 1. The van der Waals surface area contributed by atoms with E-state index in [2.05, 4.69) is 95.4 Å². The van der Waals surface area contributed by atoms with E-state index in [1.165, 1.54) is 27.8 Å². The van der Waals surface area contributed by atoms with E-state index in [-0.39, 0.29) is 17.0 Å². The molecular formula is C30H37ClN2. The van der Waals surface area contributed by atoms with Gasteiger partial charge in [-0.25, -0.2) is 0 Å². The molecule has 2 aromatic carbocycles. The fourth-order valence-electron chi connectivity index (χ4n) is 5.10. The highest BCUT2D eigenvalue weighted by Gasteiger charge is 2.44. The van der Waals surface area contributed by atoms with Crippen LogP contribution in [0, 0.1) is 18.3 Å². The third-order valence-electron chi connectivity index (χ3n) is 7.14. The average Bonchev–Trinajstić information content (AvgIpc) is 3.12. The fourth-order valence-corrected chi connectivity index (χ4v) is 5.22. The summed E-state index contributed by atoms with van der Waals surface area (Å²) in [4.78, 5) is 5.39. The number of benzene rings is 2. The molecular weight excluding hydrogens is 424 g/mol. The summed E-state index contributed by atoms with van der Waals surface area (Å²) in [5.41, 5.74) is 6.48. The molecule has 0 fully saturated rings. The van der Waals surface area contributed by atoms with Gasteiger partial charge in [0, 0.05) is 10.9 Å². The van der Waals surface area contributed by atoms with Crippen molar-refractivity contribution in [3.8, 4) is 0 Å². The van der Waals surface area contributed by atoms with E-state index in [4.69, 9.17) is 16.6 Å². The zero-order valence-corrected chi connectivity index (χ0v) is 21.6. The first-order valence-electron chi connectivity index (χ1n) is 12.2. The molecule has 1 aliphatic heterocycles. The minimum absolute atomic E-state index is 0.00476. The van der Waals surface area contributed by atoms with E-state index in [9.17, 15) is 0 Å². The Bertz CT molecular complexity index is 1080. The smallest absolute Gasteiger partial charge is 0.105 e. The van der Waals surface area contributed by atoms with E-state index < -0.39 is 0 Å². The zero-order valence-electron chi connectivity index (χ0n) is 20.9. The molecule has 0 bridgehead atoms. The molecule has 4 rings (SSSR count). The van der Waals surface area contributed by atoms with Crippen LogP contribution in [0.4, 0.5) is 0 Å². The summed E-state index contributed by atoms with van der Waals surface area (Å²) in [5, 5.41) is 4.67. The molecule has 2 aromatic rings. The zero-order chi connectivity index (χ0) is 23.8. The molecule has 3 heteroatoms. The number of nitrogens with zero attached hydrogens (tertiary/aromatic N) is 1. The molecule has 0 radical (unpaired) electrons. The van der Waals surface area contributed by atoms with Crippen molar-refractivity contribution in [3.63, 3.8) is 0 Å². The van der Waals surface area contributed by atoms with Crippen LogP contribution >= 0.6 is 11.6 Å². The van der Waals surface area contributed by atoms with Crippen LogP contribution in [0.2, 0.25) is 5.02 Å². The number of aliphatic imine (C=N–C) groups is 1. The van der Waals surface area contributed by atoms with E-state index in [0.29, 0.717) is 5.92 Å². The van der Waals surface area contributed by atoms with Gasteiger partial charge in [0.05, 0.1) is 5.54 Å². The fraction of sp³-hybridized carbons (Fsp3) is 0.433. The molecule has 1 N–H and O–H groups in total. The van der Waals surface area contributed by atoms with Crippen LogP contribution in [0.1, 0.15) is 76.6 Å². The first-order valence-corrected chi connectivity index (χ1v) is 12.6. The Labute approximate surface area is 204 Å². The maximum atomic E-state index is 6.23. The molecule has 0 saturated heterocycles. The molecule has 1 heterocycles. The molecule has 0 aromatic heterocycles. The standard InChI is InChI=1S/C30H37ClN2/c1-7-8-22-19-24(29(3,4)5)15-18-26(22)28-32-27(21-11-9-20(2)10-12-21)30(6,33-28)23-13-16-25(31)17-14-23/h9-17,19,26-27H,7-8,18H2,1-6H3,(H,32,33). The third-order valence-corrected chi connectivity index (χ3v) is 7.39. The summed E-state index contributed by atoms with van der Waals surface area (Å²) < 4.78 is 0. The SMILES string of the molecule is CCCC1=CC(C(C)(C)C)=CCC1C1=NC(c2ccc(C)cc2)C(C)(c2ccc(Cl)cc2)N1. The average molecular weight is 461 g/mol. The Morgan fingerprint density at radius 2 is 1.73 bits per heavy atom. The van der Waals surface area contributed by atoms with E-state index in [1.807, 2.05) is 12.1 Å². The van der Waals surface area contributed by atoms with Gasteiger partial charge in [0.1, 0.15) is 11.9 Å². The van der Waals surface area contributed by atoms with Crippen molar-refractivity contribution >= 4 is 17.4 Å². The predicted molar refractivity (Wildman–Crippen MR) is 142 cm³/mol. The second-order valence-electron chi connectivity index (χ2n) is 10.8. The minimum atomic E-state index is -0.333. The highest BCUT2D eigenvalue weighted by Crippen LogP contribution is 2.45. The van der Waals surface area contributed by atoms with Crippen LogP contribution < -0.4 is 5.32 Å². The van der Waals surface area contributed by atoms with Crippen molar-refractivity contribution in [2.45, 2.75) is 72.4 Å². The minimum Gasteiger partial charge on any atom is -0.362 e. The highest BCUT2D eigenvalue weighted by molar-refractivity contribution is 6.30. The number of amidine groups is 1. The van der Waals surface area contributed by atoms with Gasteiger partial charge in [0.15, 0.2) is 0 Å². The van der Waals surface area contributed by atoms with Gasteiger partial charge in [-0.2, -0.15) is 0 Å². The predicted octanol–water partition coefficient (Wildman–Crippen LogP) is 8.33. The molecule has 3 atom stereocenters. The summed E-state index contributed by atoms with van der Waals surface area (Å²) in [6.07, 6.45) is 8.11. The lowest BCUT2D eigenvalue weighted by atomic mass is 9.77. The number of nitrogens with one attached hydrogen (secondary N) is 1. The van der Waals surface area contributed by atoms with Crippen molar-refractivity contribution in [2.24, 2.45) is 16.3 Å². The summed E-state index contributed by atoms with van der Waals surface area (Å²) in [6, 6.07) is 17.1. The lowest BCUT2D eigenvalue weighted by molar-refractivity contribution is 0.384. The number of rotatable bonds is 5. The maximum Gasteiger partial charge on any atom is 0.105 e. The molecule has 0 amide bonds. The van der Waals surface area contributed by atoms with Gasteiger partial charge in [-0.1, -0.05) is 105 Å². The number of allylic oxidation sites excluding steroid dienone is 3. The molecule has 2 aliphatic rings. The maximum absolute atomic E-state index is 6.23. The molecule has 3 unspecified atom stereocenters. The second kappa shape index (κ2) is 9.14. The lowest BCUT2D eigenvalue weighted by Crippen LogP contribution is -2.44. The Balaban J connectivity index is 1.75. The van der Waals surface area contributed by atoms with E-state index in [0.717, 1.165) is 30.1 Å². The Hall–Kier alpha value is -2.32. The Morgan fingerprint density at radius 1 is 1.06 bits per heavy atom. The second-order valence-corrected chi connectivity index (χ2v) is 11.3. The number of hydrogen-bond donors (Lipinski definition) is 1. The van der Waals surface area contributed by atoms with Gasteiger partial charge >= 0.3 is 0 Å². The normalized spacial score (nSPS) is 25.2. The van der Waals surface area contributed by atoms with Gasteiger partial charge in [-0.15, -0.1) is 0 Å². The van der Waals surface area contributed by atoms with Gasteiger partial charge in [0.2, 0.25) is 0 Å². The van der Waals surface area contributed by atoms with Crippen molar-refractivity contribution < 1.29 is 0 Å². The van der Waals surface area contributed by atoms with Crippen LogP contribution in [-0.2, 0) is 5.54 Å². The monoisotopic (exact) mass is 460 g/mol. The number of hydrogen-bond acceptors (Lipinski definition) is 2. The van der Waals surface area contributed by atoms with Gasteiger partial charge < -0.3 is 5.32 Å². The lowest BCUT2D eigenvalue weighted by Gasteiger charge is -2.34. The van der Waals surface area contributed by atoms with Crippen molar-refractivity contribution in [2.75, 3.05) is 0 Å². The van der Waals surface area contributed by atoms with Gasteiger partial charge in [-0.05, 0) is 60.9 Å². The molecule has 1 aliphatic carbocycles. The summed E-state index contributed by atoms with van der Waals surface area (Å²) in [5.74, 6) is 1.42. The summed E-state index contributed by atoms with van der Waals surface area (Å²) >= 11 is 6.23. The summed E-state index contributed by atoms with van der Waals surface area (Å²) in [7, 11) is 0. The van der Waals surface area contributed by atoms with Crippen LogP contribution in [0.15, 0.2) is 76.8 Å². The van der Waals surface area contributed by atoms with Gasteiger partial charge in [0.25, 0.3) is 0 Å². The molecule has 174 valence electrons. The van der Waals surface area contributed by atoms with Gasteiger partial charge in [-0.3, -0.25) is 4.99 Å². The molecule has 0 saturated carbocycles. The quantitative estimate of drug-likeness (QED) is 0.476. The Morgan fingerprint density at radius 3 is 2.33 bits per heavy atom. The van der Waals surface area contributed by atoms with Crippen LogP contribution in [-0.4, -0.2) is 5.84 Å². The molecule has 33 heavy (non-hydrogen) atoms. The first-order chi connectivity index (χ1) is 15.6. The van der Waals surface area contributed by atoms with E-state index in [1.54, 1.807) is 0 Å². The van der Waals surface area contributed by atoms with Crippen LogP contribution in [0.25, 0.3) is 0 Å². The molecule has 2 nitrogen and oxygen atoms in total. The van der Waals surface area contributed by atoms with E-state index >= 15 is 0 Å². The first kappa shape index (κ1) is 23.8. The highest BCUT2D eigenvalue weighted by atomic mass is 35.5. The van der Waals surface area contributed by atoms with Crippen LogP contribution in [0.3, 0.4) is 0 Å². The van der Waals surface area contributed by atoms with Crippen LogP contribution in [0.5, 0.6) is 0 Å².